The molecule has 3 nitrogen and oxygen atoms in total. The average Bonchev–Trinajstić information content (AvgIpc) is 2.37. The van der Waals surface area contributed by atoms with Gasteiger partial charge in [0.1, 0.15) is 0 Å². The molecule has 110 valence electrons. The summed E-state index contributed by atoms with van der Waals surface area (Å²) in [6, 6.07) is 5.06. The number of nitriles is 1. The van der Waals surface area contributed by atoms with Gasteiger partial charge in [0.05, 0.1) is 29.8 Å². The molecule has 20 heavy (non-hydrogen) atoms. The molecule has 0 fully saturated rings. The largest absolute Gasteiger partial charge is 0.417 e. The minimum Gasteiger partial charge on any atom is -0.383 e. The van der Waals surface area contributed by atoms with Crippen molar-refractivity contribution in [2.45, 2.75) is 26.1 Å². The van der Waals surface area contributed by atoms with E-state index in [4.69, 9.17) is 10.00 Å². The van der Waals surface area contributed by atoms with Gasteiger partial charge < -0.3 is 10.1 Å². The first-order valence-electron chi connectivity index (χ1n) is 6.16. The van der Waals surface area contributed by atoms with E-state index < -0.39 is 11.7 Å². The Morgan fingerprint density at radius 3 is 2.45 bits per heavy atom. The maximum atomic E-state index is 12.9. The number of hydrogen-bond acceptors (Lipinski definition) is 3. The maximum absolute atomic E-state index is 12.9. The molecule has 1 atom stereocenters. The molecule has 0 aliphatic carbocycles. The van der Waals surface area contributed by atoms with Gasteiger partial charge in [-0.1, -0.05) is 13.8 Å². The summed E-state index contributed by atoms with van der Waals surface area (Å²) in [5.74, 6) is 0.194. The molecule has 0 saturated heterocycles. The molecule has 1 aromatic rings. The lowest BCUT2D eigenvalue weighted by Gasteiger charge is -2.23. The van der Waals surface area contributed by atoms with Crippen molar-refractivity contribution in [3.05, 3.63) is 29.3 Å². The molecule has 0 heterocycles. The molecule has 0 spiro atoms. The summed E-state index contributed by atoms with van der Waals surface area (Å²) in [6.45, 7) is 4.29. The quantitative estimate of drug-likeness (QED) is 0.898. The first-order valence-corrected chi connectivity index (χ1v) is 6.16. The minimum absolute atomic E-state index is 0.103. The van der Waals surface area contributed by atoms with E-state index in [0.29, 0.717) is 12.3 Å². The summed E-state index contributed by atoms with van der Waals surface area (Å²) < 4.78 is 43.6. The number of nitrogens with one attached hydrogen (secondary N) is 1. The Labute approximate surface area is 116 Å². The highest BCUT2D eigenvalue weighted by Gasteiger charge is 2.34. The van der Waals surface area contributed by atoms with Gasteiger partial charge in [0, 0.05) is 12.8 Å². The predicted octanol–water partition coefficient (Wildman–Crippen LogP) is 3.66. The Bertz CT molecular complexity index is 492. The number of ether oxygens (including phenoxy) is 1. The zero-order valence-corrected chi connectivity index (χ0v) is 11.6. The number of anilines is 1. The van der Waals surface area contributed by atoms with E-state index >= 15 is 0 Å². The normalized spacial score (nSPS) is 13.1. The van der Waals surface area contributed by atoms with Gasteiger partial charge in [-0.3, -0.25) is 0 Å². The zero-order valence-electron chi connectivity index (χ0n) is 11.6. The standard InChI is InChI=1S/C14H17F3N2O/c1-9(2)13(8-20-3)19-11-5-4-10(7-18)12(6-11)14(15,16)17/h4-6,9,13,19H,8H2,1-3H3. The van der Waals surface area contributed by atoms with Crippen molar-refractivity contribution in [2.24, 2.45) is 5.92 Å². The molecule has 0 amide bonds. The summed E-state index contributed by atoms with van der Waals surface area (Å²) in [4.78, 5) is 0. The fraction of sp³-hybridized carbons (Fsp3) is 0.500. The van der Waals surface area contributed by atoms with E-state index in [9.17, 15) is 13.2 Å². The van der Waals surface area contributed by atoms with Crippen LogP contribution >= 0.6 is 0 Å². The highest BCUT2D eigenvalue weighted by Crippen LogP contribution is 2.33. The molecule has 1 unspecified atom stereocenters. The summed E-state index contributed by atoms with van der Waals surface area (Å²) in [6.07, 6.45) is -4.54. The summed E-state index contributed by atoms with van der Waals surface area (Å²) >= 11 is 0. The van der Waals surface area contributed by atoms with Crippen LogP contribution in [0.5, 0.6) is 0 Å². The second-order valence-corrected chi connectivity index (χ2v) is 4.82. The van der Waals surface area contributed by atoms with Gasteiger partial charge in [0.15, 0.2) is 0 Å². The molecule has 1 aromatic carbocycles. The Morgan fingerprint density at radius 2 is 2.00 bits per heavy atom. The maximum Gasteiger partial charge on any atom is 0.417 e. The third-order valence-corrected chi connectivity index (χ3v) is 2.95. The third kappa shape index (κ3) is 4.14. The number of nitrogens with zero attached hydrogens (tertiary/aromatic N) is 1. The van der Waals surface area contributed by atoms with Crippen molar-refractivity contribution in [3.8, 4) is 6.07 Å². The molecule has 0 aliphatic heterocycles. The molecule has 0 aliphatic rings. The lowest BCUT2D eigenvalue weighted by molar-refractivity contribution is -0.137. The highest BCUT2D eigenvalue weighted by molar-refractivity contribution is 5.53. The minimum atomic E-state index is -4.54. The van der Waals surface area contributed by atoms with Crippen LogP contribution in [0.2, 0.25) is 0 Å². The molecule has 0 aromatic heterocycles. The van der Waals surface area contributed by atoms with E-state index in [-0.39, 0.29) is 17.5 Å². The van der Waals surface area contributed by atoms with Gasteiger partial charge in [-0.15, -0.1) is 0 Å². The van der Waals surface area contributed by atoms with E-state index in [2.05, 4.69) is 5.32 Å². The Kier molecular flexibility index (Phi) is 5.40. The number of rotatable bonds is 5. The molecular weight excluding hydrogens is 269 g/mol. The summed E-state index contributed by atoms with van der Waals surface area (Å²) in [5, 5.41) is 11.7. The smallest absolute Gasteiger partial charge is 0.383 e. The predicted molar refractivity (Wildman–Crippen MR) is 70.3 cm³/mol. The van der Waals surface area contributed by atoms with Crippen LogP contribution in [0.25, 0.3) is 0 Å². The van der Waals surface area contributed by atoms with Gasteiger partial charge >= 0.3 is 6.18 Å². The Hall–Kier alpha value is -1.74. The molecule has 1 rings (SSSR count). The Balaban J connectivity index is 3.06. The van der Waals surface area contributed by atoms with E-state index in [1.807, 2.05) is 13.8 Å². The molecule has 6 heteroatoms. The van der Waals surface area contributed by atoms with Crippen LogP contribution in [-0.2, 0) is 10.9 Å². The van der Waals surface area contributed by atoms with E-state index in [1.54, 1.807) is 6.07 Å². The monoisotopic (exact) mass is 286 g/mol. The van der Waals surface area contributed by atoms with Crippen molar-refractivity contribution in [3.63, 3.8) is 0 Å². The molecule has 0 radical (unpaired) electrons. The highest BCUT2D eigenvalue weighted by atomic mass is 19.4. The van der Waals surface area contributed by atoms with Crippen LogP contribution < -0.4 is 5.32 Å². The topological polar surface area (TPSA) is 45.0 Å². The lowest BCUT2D eigenvalue weighted by Crippen LogP contribution is -2.30. The van der Waals surface area contributed by atoms with Gasteiger partial charge in [-0.2, -0.15) is 18.4 Å². The number of halogens is 3. The van der Waals surface area contributed by atoms with Crippen molar-refractivity contribution in [1.29, 1.82) is 5.26 Å². The van der Waals surface area contributed by atoms with Crippen LogP contribution in [-0.4, -0.2) is 19.8 Å². The number of alkyl halides is 3. The zero-order chi connectivity index (χ0) is 15.3. The van der Waals surface area contributed by atoms with E-state index in [0.717, 1.165) is 6.07 Å². The van der Waals surface area contributed by atoms with Gasteiger partial charge in [0.25, 0.3) is 0 Å². The second kappa shape index (κ2) is 6.62. The van der Waals surface area contributed by atoms with Crippen molar-refractivity contribution >= 4 is 5.69 Å². The first-order chi connectivity index (χ1) is 9.29. The van der Waals surface area contributed by atoms with Crippen LogP contribution in [0.1, 0.15) is 25.0 Å². The number of methoxy groups -OCH3 is 1. The first kappa shape index (κ1) is 16.3. The lowest BCUT2D eigenvalue weighted by atomic mass is 10.0. The number of hydrogen-bond donors (Lipinski definition) is 1. The van der Waals surface area contributed by atoms with Gasteiger partial charge in [-0.05, 0) is 24.1 Å². The Morgan fingerprint density at radius 1 is 1.35 bits per heavy atom. The van der Waals surface area contributed by atoms with Crippen LogP contribution in [0, 0.1) is 17.2 Å². The van der Waals surface area contributed by atoms with Crippen LogP contribution in [0.4, 0.5) is 18.9 Å². The molecule has 0 saturated carbocycles. The van der Waals surface area contributed by atoms with Gasteiger partial charge in [0.2, 0.25) is 0 Å². The van der Waals surface area contributed by atoms with Gasteiger partial charge in [-0.25, -0.2) is 0 Å². The molecule has 0 bridgehead atoms. The van der Waals surface area contributed by atoms with Crippen LogP contribution in [0.15, 0.2) is 18.2 Å². The van der Waals surface area contributed by atoms with Crippen LogP contribution in [0.3, 0.4) is 0 Å². The van der Waals surface area contributed by atoms with E-state index in [1.165, 1.54) is 19.2 Å². The summed E-state index contributed by atoms with van der Waals surface area (Å²) in [7, 11) is 1.54. The molecule has 1 N–H and O–H groups in total. The second-order valence-electron chi connectivity index (χ2n) is 4.82. The average molecular weight is 286 g/mol. The summed E-state index contributed by atoms with van der Waals surface area (Å²) in [5.41, 5.74) is -0.979. The number of benzene rings is 1. The SMILES string of the molecule is COCC(Nc1ccc(C#N)c(C(F)(F)F)c1)C(C)C. The van der Waals surface area contributed by atoms with Crippen molar-refractivity contribution < 1.29 is 17.9 Å². The fourth-order valence-corrected chi connectivity index (χ4v) is 1.76. The van der Waals surface area contributed by atoms with Crippen molar-refractivity contribution in [1.82, 2.24) is 0 Å². The molecular formula is C14H17F3N2O. The van der Waals surface area contributed by atoms with Crippen molar-refractivity contribution in [2.75, 3.05) is 19.0 Å². The fourth-order valence-electron chi connectivity index (χ4n) is 1.76. The third-order valence-electron chi connectivity index (χ3n) is 2.95.